The molecule has 1 aliphatic heterocycles. The molecule has 0 amide bonds. The number of hydrogen-bond donors (Lipinski definition) is 1. The number of hydrogen-bond acceptors (Lipinski definition) is 2. The van der Waals surface area contributed by atoms with E-state index >= 15 is 0 Å². The summed E-state index contributed by atoms with van der Waals surface area (Å²) < 4.78 is 0.895. The number of allylic oxidation sites excluding steroid dienone is 3. The van der Waals surface area contributed by atoms with Crippen molar-refractivity contribution in [3.05, 3.63) is 22.7 Å². The summed E-state index contributed by atoms with van der Waals surface area (Å²) >= 11 is 9.00. The van der Waals surface area contributed by atoms with Gasteiger partial charge in [-0.25, -0.2) is 9.98 Å². The number of fused-ring (bicyclic) bond motifs is 1. The van der Waals surface area contributed by atoms with Gasteiger partial charge in [-0.2, -0.15) is 0 Å². The molecule has 0 fully saturated rings. The lowest BCUT2D eigenvalue weighted by Gasteiger charge is -2.20. The third-order valence-electron chi connectivity index (χ3n) is 1.80. The Kier molecular flexibility index (Phi) is 2.17. The molecule has 13 heavy (non-hydrogen) atoms. The fraction of sp³-hybridized carbons (Fsp3) is 0.125. The maximum atomic E-state index is 7.62. The minimum Gasteiger partial charge on any atom is -0.286 e. The molecule has 66 valence electrons. The highest BCUT2D eigenvalue weighted by atomic mass is 79.9. The molecular formula is C8H5BrClN3. The van der Waals surface area contributed by atoms with E-state index in [0.29, 0.717) is 0 Å². The first-order valence-electron chi connectivity index (χ1n) is 3.63. The quantitative estimate of drug-likeness (QED) is 0.649. The van der Waals surface area contributed by atoms with Crippen LogP contribution in [0, 0.1) is 11.3 Å². The SMILES string of the molecule is N=C1N=C(Cl)N=C2C=CC=C(Br)C12. The molecular weight excluding hydrogens is 253 g/mol. The Morgan fingerprint density at radius 1 is 1.46 bits per heavy atom. The molecule has 0 spiro atoms. The maximum absolute atomic E-state index is 7.62. The van der Waals surface area contributed by atoms with Crippen LogP contribution in [0.2, 0.25) is 0 Å². The van der Waals surface area contributed by atoms with Gasteiger partial charge in [-0.1, -0.05) is 28.1 Å². The van der Waals surface area contributed by atoms with Crippen LogP contribution in [0.15, 0.2) is 32.7 Å². The van der Waals surface area contributed by atoms with Gasteiger partial charge < -0.3 is 0 Å². The fourth-order valence-electron chi connectivity index (χ4n) is 1.24. The Hall–Kier alpha value is -0.740. The molecule has 1 aliphatic carbocycles. The van der Waals surface area contributed by atoms with E-state index in [1.807, 2.05) is 18.2 Å². The van der Waals surface area contributed by atoms with Gasteiger partial charge in [-0.15, -0.1) is 0 Å². The van der Waals surface area contributed by atoms with Crippen LogP contribution >= 0.6 is 27.5 Å². The Labute approximate surface area is 88.5 Å². The molecule has 3 nitrogen and oxygen atoms in total. The number of nitrogens with one attached hydrogen (secondary N) is 1. The average Bonchev–Trinajstić information content (AvgIpc) is 2.02. The molecule has 5 heteroatoms. The first-order valence-corrected chi connectivity index (χ1v) is 4.80. The fourth-order valence-corrected chi connectivity index (χ4v) is 2.03. The minimum absolute atomic E-state index is 0.128. The number of halogens is 2. The summed E-state index contributed by atoms with van der Waals surface area (Å²) in [6, 6.07) is 0. The van der Waals surface area contributed by atoms with E-state index < -0.39 is 0 Å². The van der Waals surface area contributed by atoms with Crippen LogP contribution in [-0.2, 0) is 0 Å². The second-order valence-electron chi connectivity index (χ2n) is 2.65. The van der Waals surface area contributed by atoms with Crippen LogP contribution < -0.4 is 0 Å². The molecule has 0 aromatic rings. The summed E-state index contributed by atoms with van der Waals surface area (Å²) in [6.07, 6.45) is 5.58. The Morgan fingerprint density at radius 2 is 2.23 bits per heavy atom. The van der Waals surface area contributed by atoms with Gasteiger partial charge in [0.25, 0.3) is 0 Å². The molecule has 1 atom stereocenters. The highest BCUT2D eigenvalue weighted by molar-refractivity contribution is 9.11. The lowest BCUT2D eigenvalue weighted by molar-refractivity contribution is 1.11. The Bertz CT molecular complexity index is 392. The lowest BCUT2D eigenvalue weighted by atomic mass is 9.96. The van der Waals surface area contributed by atoms with E-state index in [9.17, 15) is 0 Å². The monoisotopic (exact) mass is 257 g/mol. The summed E-state index contributed by atoms with van der Waals surface area (Å²) in [7, 11) is 0. The van der Waals surface area contributed by atoms with Gasteiger partial charge in [-0.3, -0.25) is 5.41 Å². The number of nitrogens with zero attached hydrogens (tertiary/aromatic N) is 2. The maximum Gasteiger partial charge on any atom is 0.224 e. The van der Waals surface area contributed by atoms with Gasteiger partial charge in [0.1, 0.15) is 5.84 Å². The standard InChI is InChI=1S/C8H5BrClN3/c9-4-2-1-3-5-6(4)7(11)13-8(10)12-5/h1-3,6,11H. The van der Waals surface area contributed by atoms with Crippen molar-refractivity contribution in [3.8, 4) is 0 Å². The normalized spacial score (nSPS) is 26.2. The smallest absolute Gasteiger partial charge is 0.224 e. The van der Waals surface area contributed by atoms with E-state index in [2.05, 4.69) is 25.9 Å². The Balaban J connectivity index is 2.48. The highest BCUT2D eigenvalue weighted by Gasteiger charge is 2.27. The molecule has 1 N–H and O–H groups in total. The van der Waals surface area contributed by atoms with Gasteiger partial charge in [-0.05, 0) is 17.7 Å². The van der Waals surface area contributed by atoms with E-state index in [4.69, 9.17) is 17.0 Å². The molecule has 1 heterocycles. The second kappa shape index (κ2) is 3.20. The van der Waals surface area contributed by atoms with Crippen molar-refractivity contribution in [2.75, 3.05) is 0 Å². The summed E-state index contributed by atoms with van der Waals surface area (Å²) in [5.41, 5.74) is 0.763. The molecule has 0 radical (unpaired) electrons. The van der Waals surface area contributed by atoms with Crippen molar-refractivity contribution >= 4 is 44.4 Å². The van der Waals surface area contributed by atoms with Gasteiger partial charge >= 0.3 is 0 Å². The third-order valence-corrected chi connectivity index (χ3v) is 2.69. The van der Waals surface area contributed by atoms with Gasteiger partial charge in [0.15, 0.2) is 0 Å². The van der Waals surface area contributed by atoms with Gasteiger partial charge in [0.05, 0.1) is 11.6 Å². The topological polar surface area (TPSA) is 48.6 Å². The van der Waals surface area contributed by atoms with Gasteiger partial charge in [0, 0.05) is 4.48 Å². The first kappa shape index (κ1) is 8.84. The van der Waals surface area contributed by atoms with E-state index in [-0.39, 0.29) is 17.0 Å². The Morgan fingerprint density at radius 3 is 3.00 bits per heavy atom. The van der Waals surface area contributed by atoms with Crippen LogP contribution in [0.25, 0.3) is 0 Å². The lowest BCUT2D eigenvalue weighted by Crippen LogP contribution is -2.27. The minimum atomic E-state index is -0.174. The number of amidine groups is 2. The van der Waals surface area contributed by atoms with Crippen LogP contribution in [-0.4, -0.2) is 16.8 Å². The summed E-state index contributed by atoms with van der Waals surface area (Å²) in [4.78, 5) is 7.83. The van der Waals surface area contributed by atoms with Crippen LogP contribution in [0.5, 0.6) is 0 Å². The van der Waals surface area contributed by atoms with Crippen LogP contribution in [0.3, 0.4) is 0 Å². The van der Waals surface area contributed by atoms with Crippen molar-refractivity contribution in [1.82, 2.24) is 0 Å². The second-order valence-corrected chi connectivity index (χ2v) is 3.90. The zero-order chi connectivity index (χ0) is 9.42. The number of rotatable bonds is 0. The van der Waals surface area contributed by atoms with Crippen molar-refractivity contribution < 1.29 is 0 Å². The van der Waals surface area contributed by atoms with E-state index in [1.54, 1.807) is 0 Å². The summed E-state index contributed by atoms with van der Waals surface area (Å²) in [5, 5.41) is 7.74. The molecule has 0 saturated heterocycles. The summed E-state index contributed by atoms with van der Waals surface area (Å²) in [6.45, 7) is 0. The molecule has 2 rings (SSSR count). The predicted octanol–water partition coefficient (Wildman–Crippen LogP) is 2.48. The third kappa shape index (κ3) is 1.51. The number of aliphatic imine (C=N–C) groups is 2. The largest absolute Gasteiger partial charge is 0.286 e. The predicted molar refractivity (Wildman–Crippen MR) is 58.1 cm³/mol. The first-order chi connectivity index (χ1) is 6.18. The van der Waals surface area contributed by atoms with Crippen molar-refractivity contribution in [1.29, 1.82) is 5.41 Å². The molecule has 2 aliphatic rings. The van der Waals surface area contributed by atoms with Crippen molar-refractivity contribution in [3.63, 3.8) is 0 Å². The van der Waals surface area contributed by atoms with E-state index in [0.717, 1.165) is 10.2 Å². The molecule has 0 bridgehead atoms. The molecule has 0 aromatic carbocycles. The van der Waals surface area contributed by atoms with Crippen molar-refractivity contribution in [2.45, 2.75) is 0 Å². The van der Waals surface area contributed by atoms with Gasteiger partial charge in [0.2, 0.25) is 5.29 Å². The molecule has 1 unspecified atom stereocenters. The van der Waals surface area contributed by atoms with E-state index in [1.165, 1.54) is 0 Å². The van der Waals surface area contributed by atoms with Crippen molar-refractivity contribution in [2.24, 2.45) is 15.9 Å². The average molecular weight is 259 g/mol. The molecule has 0 aromatic heterocycles. The molecule has 0 saturated carbocycles. The summed E-state index contributed by atoms with van der Waals surface area (Å²) in [5.74, 6) is 0.0509. The van der Waals surface area contributed by atoms with Crippen LogP contribution in [0.4, 0.5) is 0 Å². The zero-order valence-electron chi connectivity index (χ0n) is 6.46. The zero-order valence-corrected chi connectivity index (χ0v) is 8.80. The van der Waals surface area contributed by atoms with Crippen LogP contribution in [0.1, 0.15) is 0 Å². The highest BCUT2D eigenvalue weighted by Crippen LogP contribution is 2.27.